The summed E-state index contributed by atoms with van der Waals surface area (Å²) in [4.78, 5) is 12.0. The van der Waals surface area contributed by atoms with Crippen molar-refractivity contribution in [3.8, 4) is 5.69 Å². The zero-order valence-electron chi connectivity index (χ0n) is 14.3. The smallest absolute Gasteiger partial charge is 0.336 e. The van der Waals surface area contributed by atoms with Crippen LogP contribution in [0.15, 0.2) is 62.9 Å². The number of tetrazole rings is 1. The predicted octanol–water partition coefficient (Wildman–Crippen LogP) is 3.68. The van der Waals surface area contributed by atoms with Gasteiger partial charge >= 0.3 is 5.63 Å². The summed E-state index contributed by atoms with van der Waals surface area (Å²) < 4.78 is 7.12. The summed E-state index contributed by atoms with van der Waals surface area (Å²) in [6.45, 7) is 3.97. The van der Waals surface area contributed by atoms with Crippen molar-refractivity contribution >= 4 is 22.7 Å². The van der Waals surface area contributed by atoms with Crippen LogP contribution in [0.3, 0.4) is 0 Å². The van der Waals surface area contributed by atoms with E-state index >= 15 is 0 Å². The van der Waals surface area contributed by atoms with E-state index in [4.69, 9.17) is 4.42 Å². The van der Waals surface area contributed by atoms with Crippen molar-refractivity contribution in [3.63, 3.8) is 0 Å². The van der Waals surface area contributed by atoms with Crippen LogP contribution in [0.4, 0.5) is 0 Å². The van der Waals surface area contributed by atoms with Crippen LogP contribution in [0.5, 0.6) is 0 Å². The summed E-state index contributed by atoms with van der Waals surface area (Å²) in [5, 5.41) is 13.6. The topological polar surface area (TPSA) is 73.8 Å². The van der Waals surface area contributed by atoms with Crippen LogP contribution < -0.4 is 5.63 Å². The number of aromatic nitrogens is 4. The molecule has 0 aliphatic heterocycles. The number of benzene rings is 2. The Hall–Kier alpha value is -2.93. The van der Waals surface area contributed by atoms with Gasteiger partial charge in [0.1, 0.15) is 5.58 Å². The monoisotopic (exact) mass is 364 g/mol. The number of hydrogen-bond acceptors (Lipinski definition) is 6. The summed E-state index contributed by atoms with van der Waals surface area (Å²) >= 11 is 1.48. The molecule has 7 heteroatoms. The van der Waals surface area contributed by atoms with Crippen molar-refractivity contribution in [2.45, 2.75) is 24.8 Å². The van der Waals surface area contributed by atoms with Crippen LogP contribution in [0.2, 0.25) is 0 Å². The van der Waals surface area contributed by atoms with E-state index in [0.717, 1.165) is 27.8 Å². The van der Waals surface area contributed by atoms with Crippen molar-refractivity contribution in [3.05, 3.63) is 75.6 Å². The molecule has 0 aliphatic carbocycles. The minimum atomic E-state index is -0.343. The second kappa shape index (κ2) is 6.76. The number of rotatable bonds is 4. The molecule has 0 bridgehead atoms. The Bertz CT molecular complexity index is 1140. The third-order valence-electron chi connectivity index (χ3n) is 4.32. The van der Waals surface area contributed by atoms with Gasteiger partial charge in [0.05, 0.1) is 5.69 Å². The molecule has 0 N–H and O–H groups in total. The summed E-state index contributed by atoms with van der Waals surface area (Å²) in [6, 6.07) is 15.3. The van der Waals surface area contributed by atoms with Gasteiger partial charge in [-0.1, -0.05) is 42.1 Å². The molecule has 0 aliphatic rings. The molecule has 4 rings (SSSR count). The fourth-order valence-electron chi connectivity index (χ4n) is 2.79. The molecule has 0 amide bonds. The lowest BCUT2D eigenvalue weighted by molar-refractivity contribution is 0.557. The molecule has 26 heavy (non-hydrogen) atoms. The van der Waals surface area contributed by atoms with E-state index in [1.54, 1.807) is 10.7 Å². The molecule has 0 spiro atoms. The zero-order valence-corrected chi connectivity index (χ0v) is 15.2. The maximum atomic E-state index is 12.0. The number of aryl methyl sites for hydroxylation is 2. The third-order valence-corrected chi connectivity index (χ3v) is 5.28. The van der Waals surface area contributed by atoms with Gasteiger partial charge in [0.15, 0.2) is 0 Å². The Balaban J connectivity index is 1.69. The molecule has 2 aromatic carbocycles. The average Bonchev–Trinajstić information content (AvgIpc) is 3.12. The third kappa shape index (κ3) is 3.01. The van der Waals surface area contributed by atoms with Gasteiger partial charge in [-0.2, -0.15) is 4.68 Å². The van der Waals surface area contributed by atoms with E-state index in [9.17, 15) is 4.79 Å². The molecule has 2 aromatic heterocycles. The van der Waals surface area contributed by atoms with E-state index in [1.165, 1.54) is 11.8 Å². The van der Waals surface area contributed by atoms with Crippen molar-refractivity contribution in [2.75, 3.05) is 0 Å². The average molecular weight is 364 g/mol. The highest BCUT2D eigenvalue weighted by Crippen LogP contribution is 2.28. The molecule has 0 radical (unpaired) electrons. The Kier molecular flexibility index (Phi) is 4.30. The van der Waals surface area contributed by atoms with Gasteiger partial charge in [-0.25, -0.2) is 4.79 Å². The van der Waals surface area contributed by atoms with Gasteiger partial charge < -0.3 is 4.42 Å². The van der Waals surface area contributed by atoms with E-state index in [1.807, 2.05) is 56.3 Å². The highest BCUT2D eigenvalue weighted by Gasteiger charge is 2.13. The quantitative estimate of drug-likeness (QED) is 0.406. The Morgan fingerprint density at radius 3 is 2.73 bits per heavy atom. The Morgan fingerprint density at radius 1 is 1.12 bits per heavy atom. The lowest BCUT2D eigenvalue weighted by Gasteiger charge is -2.09. The van der Waals surface area contributed by atoms with E-state index < -0.39 is 0 Å². The standard InChI is InChI=1S/C19H16N4O2S/c1-12-8-9-16-14(10-17(24)25-18(16)13(12)2)11-26-19-20-21-22-23(19)15-6-4-3-5-7-15/h3-10H,11H2,1-2H3. The lowest BCUT2D eigenvalue weighted by atomic mass is 10.0. The number of hydrogen-bond donors (Lipinski definition) is 0. The molecule has 0 atom stereocenters. The SMILES string of the molecule is Cc1ccc2c(CSc3nnnn3-c3ccccc3)cc(=O)oc2c1C. The molecule has 130 valence electrons. The van der Waals surface area contributed by atoms with Gasteiger partial charge in [0.2, 0.25) is 5.16 Å². The fraction of sp³-hybridized carbons (Fsp3) is 0.158. The number of fused-ring (bicyclic) bond motifs is 1. The van der Waals surface area contributed by atoms with Gasteiger partial charge in [-0.05, 0) is 53.1 Å². The lowest BCUT2D eigenvalue weighted by Crippen LogP contribution is -2.02. The molecule has 0 saturated carbocycles. The highest BCUT2D eigenvalue weighted by atomic mass is 32.2. The van der Waals surface area contributed by atoms with Gasteiger partial charge in [-0.15, -0.1) is 5.10 Å². The van der Waals surface area contributed by atoms with Crippen molar-refractivity contribution in [1.29, 1.82) is 0 Å². The van der Waals surface area contributed by atoms with E-state index in [2.05, 4.69) is 15.5 Å². The van der Waals surface area contributed by atoms with Crippen molar-refractivity contribution in [2.24, 2.45) is 0 Å². The maximum Gasteiger partial charge on any atom is 0.336 e. The largest absolute Gasteiger partial charge is 0.422 e. The first-order chi connectivity index (χ1) is 12.6. The second-order valence-corrected chi connectivity index (χ2v) is 6.91. The number of nitrogens with zero attached hydrogens (tertiary/aromatic N) is 4. The molecule has 4 aromatic rings. The van der Waals surface area contributed by atoms with Crippen LogP contribution in [0, 0.1) is 13.8 Å². The molecule has 0 saturated heterocycles. The van der Waals surface area contributed by atoms with Gasteiger partial charge in [-0.3, -0.25) is 0 Å². The van der Waals surface area contributed by atoms with Gasteiger partial charge in [0, 0.05) is 17.2 Å². The second-order valence-electron chi connectivity index (χ2n) is 5.97. The first kappa shape index (κ1) is 16.5. The predicted molar refractivity (Wildman–Crippen MR) is 101 cm³/mol. The molecule has 0 fully saturated rings. The van der Waals surface area contributed by atoms with Crippen LogP contribution in [-0.2, 0) is 5.75 Å². The zero-order chi connectivity index (χ0) is 18.1. The number of para-hydroxylation sites is 1. The van der Waals surface area contributed by atoms with Gasteiger partial charge in [0.25, 0.3) is 0 Å². The van der Waals surface area contributed by atoms with Crippen molar-refractivity contribution < 1.29 is 4.42 Å². The van der Waals surface area contributed by atoms with Crippen molar-refractivity contribution in [1.82, 2.24) is 20.2 Å². The Labute approximate surface area is 153 Å². The summed E-state index contributed by atoms with van der Waals surface area (Å²) in [7, 11) is 0. The molecule has 2 heterocycles. The van der Waals surface area contributed by atoms with Crippen LogP contribution >= 0.6 is 11.8 Å². The normalized spacial score (nSPS) is 11.2. The summed E-state index contributed by atoms with van der Waals surface area (Å²) in [5.74, 6) is 0.567. The van der Waals surface area contributed by atoms with E-state index in [-0.39, 0.29) is 5.63 Å². The fourth-order valence-corrected chi connectivity index (χ4v) is 3.67. The highest BCUT2D eigenvalue weighted by molar-refractivity contribution is 7.98. The maximum absolute atomic E-state index is 12.0. The summed E-state index contributed by atoms with van der Waals surface area (Å²) in [5.41, 5.74) is 4.19. The molecular formula is C19H16N4O2S. The first-order valence-electron chi connectivity index (χ1n) is 8.13. The van der Waals surface area contributed by atoms with Crippen LogP contribution in [0.1, 0.15) is 16.7 Å². The van der Waals surface area contributed by atoms with Crippen LogP contribution in [-0.4, -0.2) is 20.2 Å². The number of thioether (sulfide) groups is 1. The van der Waals surface area contributed by atoms with Crippen LogP contribution in [0.25, 0.3) is 16.7 Å². The molecule has 6 nitrogen and oxygen atoms in total. The first-order valence-corrected chi connectivity index (χ1v) is 9.11. The van der Waals surface area contributed by atoms with E-state index in [0.29, 0.717) is 16.5 Å². The molecular weight excluding hydrogens is 348 g/mol. The molecule has 0 unspecified atom stereocenters. The minimum absolute atomic E-state index is 0.343. The summed E-state index contributed by atoms with van der Waals surface area (Å²) in [6.07, 6.45) is 0. The Morgan fingerprint density at radius 2 is 1.92 bits per heavy atom. The minimum Gasteiger partial charge on any atom is -0.422 e.